The van der Waals surface area contributed by atoms with Crippen molar-refractivity contribution < 1.29 is 14.8 Å². The molecule has 0 aliphatic heterocycles. The average molecular weight is 303 g/mol. The Balaban J connectivity index is 2.57. The molecule has 0 atom stereocenters. The van der Waals surface area contributed by atoms with E-state index in [1.807, 2.05) is 0 Å². The number of nitro groups is 1. The third kappa shape index (κ3) is 2.49. The summed E-state index contributed by atoms with van der Waals surface area (Å²) in [6.45, 7) is 0. The maximum Gasteiger partial charge on any atom is 0.425 e. The van der Waals surface area contributed by atoms with Crippen LogP contribution in [0.3, 0.4) is 0 Å². The van der Waals surface area contributed by atoms with Gasteiger partial charge in [-0.3, -0.25) is 0 Å². The molecule has 0 fully saturated rings. The first kappa shape index (κ1) is 13.2. The summed E-state index contributed by atoms with van der Waals surface area (Å²) in [5.41, 5.74) is -0.499. The highest BCUT2D eigenvalue weighted by atomic mass is 35.5. The quantitative estimate of drug-likeness (QED) is 0.687. The molecule has 1 N–H and O–H groups in total. The highest BCUT2D eigenvalue weighted by molar-refractivity contribution is 6.42. The Kier molecular flexibility index (Phi) is 3.36. The Morgan fingerprint density at radius 3 is 2.47 bits per heavy atom. The molecule has 0 saturated heterocycles. The van der Waals surface area contributed by atoms with E-state index in [1.165, 1.54) is 18.2 Å². The number of aromatic carboxylic acids is 1. The van der Waals surface area contributed by atoms with Crippen LogP contribution in [0.1, 0.15) is 10.5 Å². The minimum absolute atomic E-state index is 0.191. The topological polar surface area (TPSA) is 111 Å². The van der Waals surface area contributed by atoms with Crippen LogP contribution in [0, 0.1) is 10.1 Å². The zero-order valence-corrected chi connectivity index (χ0v) is 10.5. The van der Waals surface area contributed by atoms with Gasteiger partial charge in [0.25, 0.3) is 5.69 Å². The van der Waals surface area contributed by atoms with Crippen LogP contribution in [-0.2, 0) is 0 Å². The van der Waals surface area contributed by atoms with Crippen LogP contribution in [-0.4, -0.2) is 31.0 Å². The molecule has 0 spiro atoms. The number of nitrogens with zero attached hydrogens (tertiary/aromatic N) is 4. The first-order valence-electron chi connectivity index (χ1n) is 4.70. The smallest absolute Gasteiger partial charge is 0.425 e. The Morgan fingerprint density at radius 2 is 2.00 bits per heavy atom. The number of aromatic nitrogens is 3. The molecule has 1 aromatic heterocycles. The Morgan fingerprint density at radius 1 is 1.32 bits per heavy atom. The zero-order chi connectivity index (χ0) is 14.2. The summed E-state index contributed by atoms with van der Waals surface area (Å²) in [5, 5.41) is 27.0. The molecule has 0 radical (unpaired) electrons. The van der Waals surface area contributed by atoms with Crippen molar-refractivity contribution in [3.63, 3.8) is 0 Å². The van der Waals surface area contributed by atoms with Gasteiger partial charge in [-0.2, -0.15) is 0 Å². The van der Waals surface area contributed by atoms with Crippen molar-refractivity contribution in [1.29, 1.82) is 0 Å². The Hall–Kier alpha value is -2.19. The molecule has 0 aliphatic carbocycles. The van der Waals surface area contributed by atoms with Crippen LogP contribution in [0.15, 0.2) is 18.2 Å². The molecule has 19 heavy (non-hydrogen) atoms. The van der Waals surface area contributed by atoms with Gasteiger partial charge in [0.1, 0.15) is 5.69 Å². The molecule has 0 aliphatic rings. The fourth-order valence-corrected chi connectivity index (χ4v) is 1.58. The molecular weight excluding hydrogens is 299 g/mol. The molecule has 0 bridgehead atoms. The Bertz CT molecular complexity index is 653. The van der Waals surface area contributed by atoms with Crippen LogP contribution in [0.2, 0.25) is 10.0 Å². The summed E-state index contributed by atoms with van der Waals surface area (Å²) >= 11 is 11.5. The number of carbonyl (C=O) groups is 1. The first-order valence-corrected chi connectivity index (χ1v) is 5.46. The maximum absolute atomic E-state index is 10.8. The van der Waals surface area contributed by atoms with Gasteiger partial charge in [-0.25, -0.2) is 4.79 Å². The standard InChI is InChI=1S/C9H4Cl2N4O4/c10-5-2-1-4(3-6(5)11)14-12-7(9(16)17)8(13-14)15(18)19/h1-3H,(H,16,17). The lowest BCUT2D eigenvalue weighted by Gasteiger charge is -1.97. The van der Waals surface area contributed by atoms with Crippen LogP contribution in [0.5, 0.6) is 0 Å². The fourth-order valence-electron chi connectivity index (χ4n) is 1.29. The number of halogens is 2. The highest BCUT2D eigenvalue weighted by Gasteiger charge is 2.29. The lowest BCUT2D eigenvalue weighted by Crippen LogP contribution is -2.02. The van der Waals surface area contributed by atoms with Gasteiger partial charge < -0.3 is 15.2 Å². The summed E-state index contributed by atoms with van der Waals surface area (Å²) in [6, 6.07) is 4.25. The molecule has 2 aromatic rings. The van der Waals surface area contributed by atoms with Crippen LogP contribution < -0.4 is 0 Å². The molecule has 0 amide bonds. The predicted molar refractivity (Wildman–Crippen MR) is 65.0 cm³/mol. The number of benzene rings is 1. The van der Waals surface area contributed by atoms with Crippen LogP contribution >= 0.6 is 23.2 Å². The van der Waals surface area contributed by atoms with Crippen molar-refractivity contribution >= 4 is 35.0 Å². The van der Waals surface area contributed by atoms with Gasteiger partial charge in [0.15, 0.2) is 0 Å². The second-order valence-electron chi connectivity index (χ2n) is 3.32. The third-order valence-corrected chi connectivity index (χ3v) is 2.84. The van der Waals surface area contributed by atoms with E-state index in [2.05, 4.69) is 10.2 Å². The SMILES string of the molecule is O=C(O)c1nn(-c2ccc(Cl)c(Cl)c2)nc1[N+](=O)[O-]. The van der Waals surface area contributed by atoms with E-state index < -0.39 is 22.4 Å². The molecule has 98 valence electrons. The van der Waals surface area contributed by atoms with E-state index in [0.29, 0.717) is 0 Å². The van der Waals surface area contributed by atoms with E-state index in [-0.39, 0.29) is 15.7 Å². The monoisotopic (exact) mass is 302 g/mol. The van der Waals surface area contributed by atoms with E-state index >= 15 is 0 Å². The molecular formula is C9H4Cl2N4O4. The number of rotatable bonds is 3. The van der Waals surface area contributed by atoms with Crippen molar-refractivity contribution in [2.75, 3.05) is 0 Å². The van der Waals surface area contributed by atoms with Crippen molar-refractivity contribution in [2.45, 2.75) is 0 Å². The fraction of sp³-hybridized carbons (Fsp3) is 0. The first-order chi connectivity index (χ1) is 8.90. The van der Waals surface area contributed by atoms with Crippen LogP contribution in [0.25, 0.3) is 5.69 Å². The van der Waals surface area contributed by atoms with Gasteiger partial charge in [0.2, 0.25) is 0 Å². The molecule has 0 saturated carbocycles. The summed E-state index contributed by atoms with van der Waals surface area (Å²) in [5.74, 6) is -2.39. The predicted octanol–water partition coefficient (Wildman–Crippen LogP) is 2.18. The zero-order valence-electron chi connectivity index (χ0n) is 8.95. The average Bonchev–Trinajstić information content (AvgIpc) is 2.78. The van der Waals surface area contributed by atoms with Gasteiger partial charge >= 0.3 is 11.8 Å². The van der Waals surface area contributed by atoms with E-state index in [0.717, 1.165) is 4.80 Å². The molecule has 2 rings (SSSR count). The summed E-state index contributed by atoms with van der Waals surface area (Å²) in [4.78, 5) is 21.4. The largest absolute Gasteiger partial charge is 0.476 e. The van der Waals surface area contributed by atoms with E-state index in [4.69, 9.17) is 28.3 Å². The van der Waals surface area contributed by atoms with Crippen molar-refractivity contribution in [1.82, 2.24) is 15.0 Å². The minimum Gasteiger partial charge on any atom is -0.476 e. The Labute approximate surface area is 115 Å². The molecule has 0 unspecified atom stereocenters. The van der Waals surface area contributed by atoms with Gasteiger partial charge in [-0.05, 0) is 23.1 Å². The third-order valence-electron chi connectivity index (χ3n) is 2.11. The molecule has 1 heterocycles. The number of carboxylic acids is 1. The lowest BCUT2D eigenvalue weighted by atomic mass is 10.3. The second-order valence-corrected chi connectivity index (χ2v) is 4.14. The number of hydrogen-bond acceptors (Lipinski definition) is 5. The van der Waals surface area contributed by atoms with Crippen molar-refractivity contribution in [3.8, 4) is 5.69 Å². The molecule has 10 heteroatoms. The molecule has 8 nitrogen and oxygen atoms in total. The van der Waals surface area contributed by atoms with Gasteiger partial charge in [0.05, 0.1) is 15.1 Å². The molecule has 1 aromatic carbocycles. The van der Waals surface area contributed by atoms with Gasteiger partial charge in [-0.15, -0.1) is 5.10 Å². The van der Waals surface area contributed by atoms with Crippen molar-refractivity contribution in [2.24, 2.45) is 0 Å². The summed E-state index contributed by atoms with van der Waals surface area (Å²) in [6.07, 6.45) is 0. The lowest BCUT2D eigenvalue weighted by molar-refractivity contribution is -0.390. The normalized spacial score (nSPS) is 10.4. The van der Waals surface area contributed by atoms with Crippen molar-refractivity contribution in [3.05, 3.63) is 44.1 Å². The number of hydrogen-bond donors (Lipinski definition) is 1. The summed E-state index contributed by atoms with van der Waals surface area (Å²) < 4.78 is 0. The van der Waals surface area contributed by atoms with E-state index in [9.17, 15) is 14.9 Å². The minimum atomic E-state index is -1.54. The highest BCUT2D eigenvalue weighted by Crippen LogP contribution is 2.24. The van der Waals surface area contributed by atoms with Crippen LogP contribution in [0.4, 0.5) is 5.82 Å². The van der Waals surface area contributed by atoms with Gasteiger partial charge in [-0.1, -0.05) is 28.0 Å². The second kappa shape index (κ2) is 4.82. The van der Waals surface area contributed by atoms with E-state index in [1.54, 1.807) is 0 Å². The summed E-state index contributed by atoms with van der Waals surface area (Å²) in [7, 11) is 0. The number of carboxylic acid groups (broad SMARTS) is 1. The maximum atomic E-state index is 10.8. The van der Waals surface area contributed by atoms with Gasteiger partial charge in [0, 0.05) is 0 Å².